The van der Waals surface area contributed by atoms with Crippen molar-refractivity contribution >= 4 is 17.3 Å². The molecule has 0 aromatic heterocycles. The van der Waals surface area contributed by atoms with E-state index in [2.05, 4.69) is 46.3 Å². The Morgan fingerprint density at radius 2 is 1.74 bits per heavy atom. The van der Waals surface area contributed by atoms with Crippen molar-refractivity contribution < 1.29 is 9.53 Å². The Morgan fingerprint density at radius 1 is 0.971 bits per heavy atom. The van der Waals surface area contributed by atoms with Gasteiger partial charge in [0.2, 0.25) is 5.91 Å². The van der Waals surface area contributed by atoms with Gasteiger partial charge in [-0.15, -0.1) is 0 Å². The first-order valence-electron chi connectivity index (χ1n) is 14.4. The number of nitrogens with one attached hydrogen (secondary N) is 1. The number of carbonyl (C=O) groups excluding carboxylic acids is 1. The standard InChI is InChI=1S/C29H45N4O2/c1-23-4-2-19-33(23,27-9-15-30-22-27)26-7-5-25(6-8-26)32-16-3-12-29(28(32)34)13-17-31(18-14-29)24-10-20-35-21-11-24/h5-8,23-24,27,30H,2-4,9-22H2,1H3/q+1/t23-,27-,33?/m0/s1. The molecule has 6 nitrogen and oxygen atoms in total. The molecule has 0 radical (unpaired) electrons. The van der Waals surface area contributed by atoms with Crippen LogP contribution in [0.4, 0.5) is 11.4 Å². The van der Waals surface area contributed by atoms with Gasteiger partial charge >= 0.3 is 0 Å². The molecule has 5 fully saturated rings. The molecular formula is C29H45N4O2+. The number of benzene rings is 1. The lowest BCUT2D eigenvalue weighted by Gasteiger charge is -2.48. The Balaban J connectivity index is 1.17. The lowest BCUT2D eigenvalue weighted by molar-refractivity contribution is -0.134. The number of nitrogens with zero attached hydrogens (tertiary/aromatic N) is 3. The molecular weight excluding hydrogens is 436 g/mol. The Hall–Kier alpha value is -1.47. The van der Waals surface area contributed by atoms with Gasteiger partial charge in [0.1, 0.15) is 11.7 Å². The molecule has 1 unspecified atom stereocenters. The summed E-state index contributed by atoms with van der Waals surface area (Å²) in [5.74, 6) is 0.390. The summed E-state index contributed by atoms with van der Waals surface area (Å²) in [6, 6.07) is 11.2. The van der Waals surface area contributed by atoms with E-state index in [1.807, 2.05) is 0 Å². The van der Waals surface area contributed by atoms with Crippen molar-refractivity contribution in [2.24, 2.45) is 5.41 Å². The van der Waals surface area contributed by atoms with E-state index in [0.717, 1.165) is 94.6 Å². The summed E-state index contributed by atoms with van der Waals surface area (Å²) in [6.45, 7) is 10.8. The molecule has 3 atom stereocenters. The van der Waals surface area contributed by atoms with Gasteiger partial charge in [0.05, 0.1) is 18.0 Å². The van der Waals surface area contributed by atoms with Crippen LogP contribution in [0.1, 0.15) is 64.7 Å². The maximum atomic E-state index is 13.9. The molecule has 6 rings (SSSR count). The molecule has 192 valence electrons. The zero-order valence-corrected chi connectivity index (χ0v) is 21.7. The summed E-state index contributed by atoms with van der Waals surface area (Å²) in [4.78, 5) is 18.7. The third-order valence-electron chi connectivity index (χ3n) is 10.5. The number of likely N-dealkylation sites (tertiary alicyclic amines) is 2. The van der Waals surface area contributed by atoms with Crippen molar-refractivity contribution in [3.63, 3.8) is 0 Å². The van der Waals surface area contributed by atoms with Gasteiger partial charge in [-0.2, -0.15) is 0 Å². The monoisotopic (exact) mass is 481 g/mol. The summed E-state index contributed by atoms with van der Waals surface area (Å²) in [7, 11) is 0. The SMILES string of the molecule is C[C@H]1CCC[N+]1(c1ccc(N2CCCC3(CCN(C4CCOCC4)CC3)C2=O)cc1)[C@H]1CCNC1. The second kappa shape index (κ2) is 9.77. The van der Waals surface area contributed by atoms with Crippen LogP contribution in [0, 0.1) is 5.41 Å². The van der Waals surface area contributed by atoms with E-state index in [1.54, 1.807) is 0 Å². The normalized spacial score (nSPS) is 34.7. The number of ether oxygens (including phenoxy) is 1. The third kappa shape index (κ3) is 4.14. The van der Waals surface area contributed by atoms with Gasteiger partial charge in [0.25, 0.3) is 0 Å². The predicted molar refractivity (Wildman–Crippen MR) is 142 cm³/mol. The number of hydrogen-bond donors (Lipinski definition) is 1. The van der Waals surface area contributed by atoms with Crippen LogP contribution < -0.4 is 14.7 Å². The van der Waals surface area contributed by atoms with Gasteiger partial charge < -0.3 is 19.9 Å². The molecule has 5 heterocycles. The largest absolute Gasteiger partial charge is 0.381 e. The lowest BCUT2D eigenvalue weighted by atomic mass is 9.71. The second-order valence-corrected chi connectivity index (χ2v) is 12.0. The average molecular weight is 482 g/mol. The first-order chi connectivity index (χ1) is 17.1. The van der Waals surface area contributed by atoms with E-state index in [-0.39, 0.29) is 5.41 Å². The quantitative estimate of drug-likeness (QED) is 0.662. The van der Waals surface area contributed by atoms with Gasteiger partial charge in [-0.05, 0) is 70.7 Å². The van der Waals surface area contributed by atoms with E-state index in [9.17, 15) is 4.79 Å². The first kappa shape index (κ1) is 23.9. The third-order valence-corrected chi connectivity index (χ3v) is 10.5. The highest BCUT2D eigenvalue weighted by molar-refractivity contribution is 5.98. The Kier molecular flexibility index (Phi) is 6.67. The summed E-state index contributed by atoms with van der Waals surface area (Å²) >= 11 is 0. The van der Waals surface area contributed by atoms with Gasteiger partial charge in [-0.25, -0.2) is 0 Å². The molecule has 5 aliphatic rings. The summed E-state index contributed by atoms with van der Waals surface area (Å²) in [6.07, 6.45) is 10.4. The average Bonchev–Trinajstić information content (AvgIpc) is 3.58. The minimum atomic E-state index is -0.147. The highest BCUT2D eigenvalue weighted by Crippen LogP contribution is 2.44. The number of anilines is 1. The first-order valence-corrected chi connectivity index (χ1v) is 14.4. The predicted octanol–water partition coefficient (Wildman–Crippen LogP) is 3.93. The fourth-order valence-electron chi connectivity index (χ4n) is 8.33. The van der Waals surface area contributed by atoms with Crippen molar-refractivity contribution in [1.82, 2.24) is 14.7 Å². The molecule has 1 spiro atoms. The molecule has 0 aliphatic carbocycles. The molecule has 5 saturated heterocycles. The van der Waals surface area contributed by atoms with Crippen LogP contribution in [0.5, 0.6) is 0 Å². The topological polar surface area (TPSA) is 44.8 Å². The zero-order chi connectivity index (χ0) is 23.9. The smallest absolute Gasteiger partial charge is 0.233 e. The minimum absolute atomic E-state index is 0.147. The highest BCUT2D eigenvalue weighted by Gasteiger charge is 2.49. The molecule has 1 aromatic rings. The fourth-order valence-corrected chi connectivity index (χ4v) is 8.33. The van der Waals surface area contributed by atoms with Crippen LogP contribution in [0.2, 0.25) is 0 Å². The van der Waals surface area contributed by atoms with Gasteiger partial charge in [-0.1, -0.05) is 0 Å². The van der Waals surface area contributed by atoms with E-state index in [4.69, 9.17) is 4.74 Å². The van der Waals surface area contributed by atoms with E-state index >= 15 is 0 Å². The van der Waals surface area contributed by atoms with Crippen molar-refractivity contribution in [2.45, 2.75) is 82.8 Å². The molecule has 0 bridgehead atoms. The van der Waals surface area contributed by atoms with Crippen molar-refractivity contribution in [3.05, 3.63) is 24.3 Å². The Labute approximate surface area is 211 Å². The van der Waals surface area contributed by atoms with Gasteiger partial charge in [0, 0.05) is 76.0 Å². The van der Waals surface area contributed by atoms with Crippen LogP contribution in [0.15, 0.2) is 24.3 Å². The van der Waals surface area contributed by atoms with Crippen molar-refractivity contribution in [2.75, 3.05) is 57.4 Å². The van der Waals surface area contributed by atoms with E-state index in [0.29, 0.717) is 24.0 Å². The van der Waals surface area contributed by atoms with Crippen molar-refractivity contribution in [1.29, 1.82) is 0 Å². The summed E-state index contributed by atoms with van der Waals surface area (Å²) in [5, 5.41) is 3.61. The molecule has 1 amide bonds. The number of quaternary nitrogens is 1. The van der Waals surface area contributed by atoms with Crippen LogP contribution in [-0.4, -0.2) is 81.4 Å². The van der Waals surface area contributed by atoms with Gasteiger partial charge in [0.15, 0.2) is 0 Å². The zero-order valence-electron chi connectivity index (χ0n) is 21.7. The number of rotatable bonds is 4. The fraction of sp³-hybridized carbons (Fsp3) is 0.759. The summed E-state index contributed by atoms with van der Waals surface area (Å²) < 4.78 is 6.70. The molecule has 1 aromatic carbocycles. The number of hydrogen-bond acceptors (Lipinski definition) is 4. The molecule has 5 aliphatic heterocycles. The van der Waals surface area contributed by atoms with E-state index in [1.165, 1.54) is 31.5 Å². The molecule has 1 N–H and O–H groups in total. The van der Waals surface area contributed by atoms with Crippen LogP contribution in [0.3, 0.4) is 0 Å². The number of carbonyl (C=O) groups is 1. The highest BCUT2D eigenvalue weighted by atomic mass is 16.5. The lowest BCUT2D eigenvalue weighted by Crippen LogP contribution is -2.59. The van der Waals surface area contributed by atoms with E-state index < -0.39 is 0 Å². The molecule has 0 saturated carbocycles. The summed E-state index contributed by atoms with van der Waals surface area (Å²) in [5.41, 5.74) is 2.42. The number of piperidine rings is 2. The Bertz CT molecular complexity index is 884. The maximum Gasteiger partial charge on any atom is 0.233 e. The van der Waals surface area contributed by atoms with Crippen LogP contribution in [-0.2, 0) is 9.53 Å². The molecule has 6 heteroatoms. The minimum Gasteiger partial charge on any atom is -0.381 e. The Morgan fingerprint density at radius 3 is 2.40 bits per heavy atom. The van der Waals surface area contributed by atoms with Gasteiger partial charge in [-0.3, -0.25) is 9.28 Å². The number of amides is 1. The molecule has 35 heavy (non-hydrogen) atoms. The van der Waals surface area contributed by atoms with Crippen molar-refractivity contribution in [3.8, 4) is 0 Å². The van der Waals surface area contributed by atoms with Crippen LogP contribution in [0.25, 0.3) is 0 Å². The second-order valence-electron chi connectivity index (χ2n) is 12.0. The maximum absolute atomic E-state index is 13.9. The van der Waals surface area contributed by atoms with Crippen LogP contribution >= 0.6 is 0 Å².